The molecule has 0 atom stereocenters. The molecule has 0 aliphatic rings. The fraction of sp³-hybridized carbons (Fsp3) is 0.526. The fourth-order valence-electron chi connectivity index (χ4n) is 2.68. The average molecular weight is 485 g/mol. The van der Waals surface area contributed by atoms with E-state index >= 15 is 0 Å². The van der Waals surface area contributed by atoms with Crippen LogP contribution in [0.5, 0.6) is 0 Å². The molecule has 0 spiro atoms. The number of nitrogens with one attached hydrogen (secondary N) is 2. The molecule has 2 N–H and O–H groups in total. The quantitative estimate of drug-likeness (QED) is 0.342. The molecule has 0 saturated carbocycles. The molecule has 0 saturated heterocycles. The minimum Gasteiger partial charge on any atom is -0.370 e. The molecule has 0 radical (unpaired) electrons. The zero-order chi connectivity index (χ0) is 18.9. The maximum absolute atomic E-state index is 4.62. The first-order chi connectivity index (χ1) is 12.5. The van der Waals surface area contributed by atoms with Gasteiger partial charge in [0, 0.05) is 38.9 Å². The average Bonchev–Trinajstić information content (AvgIpc) is 2.95. The first kappa shape index (κ1) is 23.2. The summed E-state index contributed by atoms with van der Waals surface area (Å²) in [4.78, 5) is 6.98. The second-order valence-corrected chi connectivity index (χ2v) is 6.26. The Bertz CT molecular complexity index is 727. The van der Waals surface area contributed by atoms with Gasteiger partial charge in [0.15, 0.2) is 11.8 Å². The molecule has 1 aromatic heterocycles. The van der Waals surface area contributed by atoms with Gasteiger partial charge in [-0.05, 0) is 45.4 Å². The standard InChI is InChI=1S/C19H31N7.HI/c1-6-20-19(22-14-18-24-23-16(4)25(18)5)21-11-12-26(7-2)17-10-8-9-15(3)13-17;/h8-10,13H,6-7,11-12,14H2,1-5H3,(H2,20,21,22);1H. The molecule has 0 aliphatic heterocycles. The van der Waals surface area contributed by atoms with Crippen LogP contribution in [0, 0.1) is 13.8 Å². The predicted octanol–water partition coefficient (Wildman–Crippen LogP) is 2.63. The number of aliphatic imine (C=N–C) groups is 1. The molecule has 150 valence electrons. The van der Waals surface area contributed by atoms with E-state index in [-0.39, 0.29) is 24.0 Å². The Morgan fingerprint density at radius 3 is 2.56 bits per heavy atom. The maximum Gasteiger partial charge on any atom is 0.191 e. The van der Waals surface area contributed by atoms with Crippen molar-refractivity contribution in [3.05, 3.63) is 41.5 Å². The number of anilines is 1. The number of aryl methyl sites for hydroxylation is 2. The van der Waals surface area contributed by atoms with E-state index in [0.29, 0.717) is 6.54 Å². The molecule has 1 aromatic carbocycles. The number of rotatable bonds is 8. The highest BCUT2D eigenvalue weighted by Crippen LogP contribution is 2.14. The fourth-order valence-corrected chi connectivity index (χ4v) is 2.68. The number of guanidine groups is 1. The number of nitrogens with zero attached hydrogens (tertiary/aromatic N) is 5. The van der Waals surface area contributed by atoms with Gasteiger partial charge in [-0.1, -0.05) is 12.1 Å². The topological polar surface area (TPSA) is 70.4 Å². The van der Waals surface area contributed by atoms with Gasteiger partial charge < -0.3 is 20.1 Å². The van der Waals surface area contributed by atoms with Crippen LogP contribution in [0.2, 0.25) is 0 Å². The summed E-state index contributed by atoms with van der Waals surface area (Å²) in [6.45, 7) is 12.3. The van der Waals surface area contributed by atoms with Gasteiger partial charge in [0.05, 0.1) is 0 Å². The lowest BCUT2D eigenvalue weighted by atomic mass is 10.2. The van der Waals surface area contributed by atoms with E-state index in [2.05, 4.69) is 75.8 Å². The first-order valence-electron chi connectivity index (χ1n) is 9.23. The Kier molecular flexibility index (Phi) is 10.1. The van der Waals surface area contributed by atoms with Crippen LogP contribution in [0.25, 0.3) is 0 Å². The molecule has 8 heteroatoms. The molecule has 1 heterocycles. The lowest BCUT2D eigenvalue weighted by Gasteiger charge is -2.24. The molecule has 0 fully saturated rings. The van der Waals surface area contributed by atoms with Gasteiger partial charge in [-0.15, -0.1) is 34.2 Å². The van der Waals surface area contributed by atoms with Crippen LogP contribution in [0.15, 0.2) is 29.3 Å². The van der Waals surface area contributed by atoms with Crippen LogP contribution >= 0.6 is 24.0 Å². The van der Waals surface area contributed by atoms with E-state index < -0.39 is 0 Å². The normalized spacial score (nSPS) is 11.1. The Hall–Kier alpha value is -1.84. The van der Waals surface area contributed by atoms with Gasteiger partial charge in [0.1, 0.15) is 12.4 Å². The second-order valence-electron chi connectivity index (χ2n) is 6.26. The number of benzene rings is 1. The van der Waals surface area contributed by atoms with E-state index in [9.17, 15) is 0 Å². The molecule has 0 amide bonds. The lowest BCUT2D eigenvalue weighted by molar-refractivity contribution is 0.737. The van der Waals surface area contributed by atoms with Crippen LogP contribution in [0.1, 0.15) is 31.1 Å². The summed E-state index contributed by atoms with van der Waals surface area (Å²) in [5.74, 6) is 2.55. The van der Waals surface area contributed by atoms with Crippen molar-refractivity contribution < 1.29 is 0 Å². The lowest BCUT2D eigenvalue weighted by Crippen LogP contribution is -2.41. The van der Waals surface area contributed by atoms with Crippen molar-refractivity contribution in [1.82, 2.24) is 25.4 Å². The molecule has 0 unspecified atom stereocenters. The zero-order valence-corrected chi connectivity index (χ0v) is 19.3. The monoisotopic (exact) mass is 485 g/mol. The van der Waals surface area contributed by atoms with Crippen molar-refractivity contribution in [1.29, 1.82) is 0 Å². The van der Waals surface area contributed by atoms with Crippen LogP contribution in [-0.4, -0.2) is 46.9 Å². The number of hydrogen-bond acceptors (Lipinski definition) is 4. The molecule has 7 nitrogen and oxygen atoms in total. The van der Waals surface area contributed by atoms with Crippen LogP contribution in [0.4, 0.5) is 5.69 Å². The van der Waals surface area contributed by atoms with Crippen molar-refractivity contribution in [2.45, 2.75) is 34.2 Å². The van der Waals surface area contributed by atoms with Gasteiger partial charge in [0.25, 0.3) is 0 Å². The molecule has 0 bridgehead atoms. The van der Waals surface area contributed by atoms with E-state index in [1.807, 2.05) is 18.5 Å². The van der Waals surface area contributed by atoms with Crippen LogP contribution in [-0.2, 0) is 13.6 Å². The Morgan fingerprint density at radius 2 is 1.96 bits per heavy atom. The van der Waals surface area contributed by atoms with Gasteiger partial charge in [0.2, 0.25) is 0 Å². The van der Waals surface area contributed by atoms with Crippen LogP contribution < -0.4 is 15.5 Å². The Morgan fingerprint density at radius 1 is 1.19 bits per heavy atom. The predicted molar refractivity (Wildman–Crippen MR) is 123 cm³/mol. The maximum atomic E-state index is 4.62. The minimum absolute atomic E-state index is 0. The van der Waals surface area contributed by atoms with Crippen LogP contribution in [0.3, 0.4) is 0 Å². The first-order valence-corrected chi connectivity index (χ1v) is 9.23. The zero-order valence-electron chi connectivity index (χ0n) is 17.0. The van der Waals surface area contributed by atoms with Gasteiger partial charge >= 0.3 is 0 Å². The highest BCUT2D eigenvalue weighted by Gasteiger charge is 2.07. The number of likely N-dealkylation sites (N-methyl/N-ethyl adjacent to an activating group) is 1. The number of hydrogen-bond donors (Lipinski definition) is 2. The van der Waals surface area contributed by atoms with Crippen molar-refractivity contribution >= 4 is 35.6 Å². The number of aromatic nitrogens is 3. The van der Waals surface area contributed by atoms with Gasteiger partial charge in [-0.2, -0.15) is 0 Å². The summed E-state index contributed by atoms with van der Waals surface area (Å²) < 4.78 is 1.96. The van der Waals surface area contributed by atoms with Crippen molar-refractivity contribution in [3.8, 4) is 0 Å². The SMILES string of the molecule is CCNC(=NCc1nnc(C)n1C)NCCN(CC)c1cccc(C)c1.I. The minimum atomic E-state index is 0. The third kappa shape index (κ3) is 7.00. The summed E-state index contributed by atoms with van der Waals surface area (Å²) >= 11 is 0. The summed E-state index contributed by atoms with van der Waals surface area (Å²) in [6.07, 6.45) is 0. The summed E-state index contributed by atoms with van der Waals surface area (Å²) in [7, 11) is 1.96. The van der Waals surface area contributed by atoms with Crippen molar-refractivity contribution in [2.24, 2.45) is 12.0 Å². The molecular formula is C19H32IN7. The Balaban J connectivity index is 0.00000364. The third-order valence-corrected chi connectivity index (χ3v) is 4.33. The van der Waals surface area contributed by atoms with E-state index in [4.69, 9.17) is 0 Å². The molecule has 2 aromatic rings. The van der Waals surface area contributed by atoms with Crippen molar-refractivity contribution in [3.63, 3.8) is 0 Å². The third-order valence-electron chi connectivity index (χ3n) is 4.33. The summed E-state index contributed by atoms with van der Waals surface area (Å²) in [5, 5.41) is 14.9. The van der Waals surface area contributed by atoms with Crippen molar-refractivity contribution in [2.75, 3.05) is 31.1 Å². The smallest absolute Gasteiger partial charge is 0.191 e. The molecule has 27 heavy (non-hydrogen) atoms. The number of halogens is 1. The highest BCUT2D eigenvalue weighted by molar-refractivity contribution is 14.0. The molecule has 0 aliphatic carbocycles. The van der Waals surface area contributed by atoms with Gasteiger partial charge in [-0.3, -0.25) is 0 Å². The van der Waals surface area contributed by atoms with E-state index in [1.54, 1.807) is 0 Å². The largest absolute Gasteiger partial charge is 0.370 e. The molecule has 2 rings (SSSR count). The summed E-state index contributed by atoms with van der Waals surface area (Å²) in [5.41, 5.74) is 2.54. The summed E-state index contributed by atoms with van der Waals surface area (Å²) in [6, 6.07) is 8.61. The second kappa shape index (κ2) is 11.8. The van der Waals surface area contributed by atoms with Gasteiger partial charge in [-0.25, -0.2) is 4.99 Å². The highest BCUT2D eigenvalue weighted by atomic mass is 127. The van der Waals surface area contributed by atoms with E-state index in [1.165, 1.54) is 11.3 Å². The Labute approximate surface area is 179 Å². The van der Waals surface area contributed by atoms with E-state index in [0.717, 1.165) is 43.8 Å². The molecular weight excluding hydrogens is 453 g/mol.